The Kier molecular flexibility index (Phi) is 4.92. The third-order valence-corrected chi connectivity index (χ3v) is 4.32. The SMILES string of the molecule is CC(=O)N1CCCN(c2cccc(C(=O)c3cccnc3N)n2)CC1.[HH].[HH]. The lowest BCUT2D eigenvalue weighted by atomic mass is 10.1. The number of ketones is 1. The predicted octanol–water partition coefficient (Wildman–Crippen LogP) is 1.84. The highest BCUT2D eigenvalue weighted by atomic mass is 16.2. The van der Waals surface area contributed by atoms with Crippen LogP contribution in [0.5, 0.6) is 0 Å². The number of nitrogens with two attached hydrogens (primary N) is 1. The Bertz CT molecular complexity index is 803. The number of hydrogen-bond donors (Lipinski definition) is 1. The summed E-state index contributed by atoms with van der Waals surface area (Å²) in [6.45, 7) is 4.48. The maximum Gasteiger partial charge on any atom is 0.219 e. The molecule has 2 N–H and O–H groups in total. The summed E-state index contributed by atoms with van der Waals surface area (Å²) in [6, 6.07) is 8.70. The molecule has 7 heteroatoms. The maximum absolute atomic E-state index is 12.7. The van der Waals surface area contributed by atoms with Gasteiger partial charge in [-0.3, -0.25) is 9.59 Å². The van der Waals surface area contributed by atoms with Crippen molar-refractivity contribution in [2.24, 2.45) is 0 Å². The van der Waals surface area contributed by atoms with Crippen LogP contribution in [0, 0.1) is 0 Å². The smallest absolute Gasteiger partial charge is 0.219 e. The molecule has 1 aliphatic heterocycles. The van der Waals surface area contributed by atoms with Crippen LogP contribution in [-0.4, -0.2) is 52.7 Å². The van der Waals surface area contributed by atoms with E-state index in [2.05, 4.69) is 14.9 Å². The number of aromatic nitrogens is 2. The molecule has 1 aliphatic rings. The quantitative estimate of drug-likeness (QED) is 0.855. The van der Waals surface area contributed by atoms with E-state index in [9.17, 15) is 9.59 Å². The van der Waals surface area contributed by atoms with Gasteiger partial charge in [0.2, 0.25) is 11.7 Å². The van der Waals surface area contributed by atoms with Crippen LogP contribution >= 0.6 is 0 Å². The number of amides is 1. The summed E-state index contributed by atoms with van der Waals surface area (Å²) < 4.78 is 0. The van der Waals surface area contributed by atoms with Crippen molar-refractivity contribution in [2.45, 2.75) is 13.3 Å². The minimum atomic E-state index is -0.243. The van der Waals surface area contributed by atoms with Crippen LogP contribution in [0.2, 0.25) is 0 Å². The number of nitrogen functional groups attached to an aromatic ring is 1. The lowest BCUT2D eigenvalue weighted by Crippen LogP contribution is -2.34. The Labute approximate surface area is 149 Å². The molecule has 25 heavy (non-hydrogen) atoms. The topological polar surface area (TPSA) is 92.4 Å². The van der Waals surface area contributed by atoms with Gasteiger partial charge in [-0.15, -0.1) is 0 Å². The lowest BCUT2D eigenvalue weighted by molar-refractivity contribution is -0.128. The third kappa shape index (κ3) is 3.76. The summed E-state index contributed by atoms with van der Waals surface area (Å²) in [4.78, 5) is 36.6. The highest BCUT2D eigenvalue weighted by Gasteiger charge is 2.19. The molecule has 0 atom stereocenters. The standard InChI is InChI=1S/C18H21N5O2.2H2/c1-13(24)22-9-4-10-23(12-11-22)16-7-2-6-15(21-16)17(25)14-5-3-8-20-18(14)19;;/h2-3,5-8H,4,9-12H2,1H3,(H2,19,20);2*1H. The minimum Gasteiger partial charge on any atom is -0.383 e. The molecule has 0 aliphatic carbocycles. The summed E-state index contributed by atoms with van der Waals surface area (Å²) in [5.74, 6) is 0.781. The van der Waals surface area contributed by atoms with Gasteiger partial charge in [-0.1, -0.05) is 6.07 Å². The first-order valence-corrected chi connectivity index (χ1v) is 8.29. The zero-order valence-electron chi connectivity index (χ0n) is 14.2. The van der Waals surface area contributed by atoms with Crippen LogP contribution in [0.3, 0.4) is 0 Å². The first kappa shape index (κ1) is 16.9. The van der Waals surface area contributed by atoms with Crippen molar-refractivity contribution in [1.82, 2.24) is 14.9 Å². The van der Waals surface area contributed by atoms with E-state index >= 15 is 0 Å². The van der Waals surface area contributed by atoms with Crippen molar-refractivity contribution in [2.75, 3.05) is 36.8 Å². The first-order valence-electron chi connectivity index (χ1n) is 8.29. The Hall–Kier alpha value is -2.96. The van der Waals surface area contributed by atoms with Crippen molar-refractivity contribution in [1.29, 1.82) is 0 Å². The Balaban J connectivity index is 0.00000182. The maximum atomic E-state index is 12.7. The largest absolute Gasteiger partial charge is 0.383 e. The molecular formula is C18H25N5O2. The lowest BCUT2D eigenvalue weighted by Gasteiger charge is -2.22. The van der Waals surface area contributed by atoms with E-state index < -0.39 is 0 Å². The third-order valence-electron chi connectivity index (χ3n) is 4.32. The normalized spacial score (nSPS) is 14.9. The first-order chi connectivity index (χ1) is 12.1. The van der Waals surface area contributed by atoms with E-state index in [-0.39, 0.29) is 20.4 Å². The zero-order valence-corrected chi connectivity index (χ0v) is 14.2. The van der Waals surface area contributed by atoms with Crippen LogP contribution in [0.4, 0.5) is 11.6 Å². The van der Waals surface area contributed by atoms with Crippen molar-refractivity contribution in [3.05, 3.63) is 47.8 Å². The second-order valence-electron chi connectivity index (χ2n) is 5.99. The number of anilines is 2. The summed E-state index contributed by atoms with van der Waals surface area (Å²) >= 11 is 0. The molecule has 1 amide bonds. The van der Waals surface area contributed by atoms with Crippen LogP contribution in [0.25, 0.3) is 0 Å². The van der Waals surface area contributed by atoms with E-state index in [1.54, 1.807) is 31.3 Å². The minimum absolute atomic E-state index is 0. The number of hydrogen-bond acceptors (Lipinski definition) is 6. The van der Waals surface area contributed by atoms with Gasteiger partial charge in [0.25, 0.3) is 0 Å². The molecule has 3 rings (SSSR count). The van der Waals surface area contributed by atoms with Crippen LogP contribution < -0.4 is 10.6 Å². The average Bonchev–Trinajstić information content (AvgIpc) is 2.88. The van der Waals surface area contributed by atoms with Gasteiger partial charge in [-0.25, -0.2) is 9.97 Å². The Morgan fingerprint density at radius 1 is 1.12 bits per heavy atom. The second kappa shape index (κ2) is 7.29. The van der Waals surface area contributed by atoms with Gasteiger partial charge in [0, 0.05) is 42.2 Å². The molecule has 2 aromatic rings. The Morgan fingerprint density at radius 3 is 2.72 bits per heavy atom. The Morgan fingerprint density at radius 2 is 1.96 bits per heavy atom. The van der Waals surface area contributed by atoms with E-state index in [0.717, 1.165) is 25.3 Å². The number of carbonyl (C=O) groups excluding carboxylic acids is 2. The molecule has 0 radical (unpaired) electrons. The zero-order chi connectivity index (χ0) is 17.8. The van der Waals surface area contributed by atoms with Gasteiger partial charge >= 0.3 is 0 Å². The van der Waals surface area contributed by atoms with Crippen molar-refractivity contribution < 1.29 is 12.4 Å². The number of pyridine rings is 2. The number of carbonyl (C=O) groups is 2. The fourth-order valence-corrected chi connectivity index (χ4v) is 2.93. The predicted molar refractivity (Wildman–Crippen MR) is 99.6 cm³/mol. The van der Waals surface area contributed by atoms with Gasteiger partial charge in [-0.2, -0.15) is 0 Å². The molecule has 0 unspecified atom stereocenters. The van der Waals surface area contributed by atoms with E-state index in [1.165, 1.54) is 0 Å². The van der Waals surface area contributed by atoms with E-state index in [4.69, 9.17) is 5.73 Å². The average molecular weight is 343 g/mol. The van der Waals surface area contributed by atoms with Crippen LogP contribution in [0.15, 0.2) is 36.5 Å². The molecule has 0 bridgehead atoms. The second-order valence-corrected chi connectivity index (χ2v) is 5.99. The number of nitrogens with zero attached hydrogens (tertiary/aromatic N) is 4. The molecule has 2 aromatic heterocycles. The van der Waals surface area contributed by atoms with Gasteiger partial charge < -0.3 is 15.5 Å². The molecule has 3 heterocycles. The molecule has 0 saturated carbocycles. The summed E-state index contributed by atoms with van der Waals surface area (Å²) in [7, 11) is 0. The molecule has 134 valence electrons. The molecule has 1 saturated heterocycles. The van der Waals surface area contributed by atoms with Gasteiger partial charge in [0.1, 0.15) is 17.3 Å². The van der Waals surface area contributed by atoms with Gasteiger partial charge in [0.15, 0.2) is 0 Å². The van der Waals surface area contributed by atoms with Crippen LogP contribution in [-0.2, 0) is 4.79 Å². The highest BCUT2D eigenvalue weighted by Crippen LogP contribution is 2.18. The van der Waals surface area contributed by atoms with Crippen molar-refractivity contribution in [3.63, 3.8) is 0 Å². The highest BCUT2D eigenvalue weighted by molar-refractivity contribution is 6.10. The molecule has 0 spiro atoms. The fraction of sp³-hybridized carbons (Fsp3) is 0.333. The molecule has 1 fully saturated rings. The molecular weight excluding hydrogens is 318 g/mol. The molecule has 7 nitrogen and oxygen atoms in total. The monoisotopic (exact) mass is 343 g/mol. The summed E-state index contributed by atoms with van der Waals surface area (Å²) in [5.41, 5.74) is 6.49. The van der Waals surface area contributed by atoms with E-state index in [0.29, 0.717) is 24.3 Å². The van der Waals surface area contributed by atoms with Crippen LogP contribution in [0.1, 0.15) is 32.2 Å². The van der Waals surface area contributed by atoms with Gasteiger partial charge in [-0.05, 0) is 30.7 Å². The molecule has 0 aromatic carbocycles. The van der Waals surface area contributed by atoms with E-state index in [1.807, 2.05) is 17.0 Å². The fourth-order valence-electron chi connectivity index (χ4n) is 2.93. The van der Waals surface area contributed by atoms with Crippen molar-refractivity contribution >= 4 is 23.3 Å². The summed E-state index contributed by atoms with van der Waals surface area (Å²) in [5, 5.41) is 0. The van der Waals surface area contributed by atoms with Gasteiger partial charge in [0.05, 0.1) is 5.56 Å². The number of rotatable bonds is 3. The van der Waals surface area contributed by atoms with Crippen molar-refractivity contribution in [3.8, 4) is 0 Å². The summed E-state index contributed by atoms with van der Waals surface area (Å²) in [6.07, 6.45) is 2.42.